The number of morpholine rings is 1. The molecule has 1 saturated heterocycles. The number of hydrogen-bond acceptors (Lipinski definition) is 5. The van der Waals surface area contributed by atoms with Crippen molar-refractivity contribution in [2.24, 2.45) is 4.99 Å². The van der Waals surface area contributed by atoms with Gasteiger partial charge in [0.15, 0.2) is 4.80 Å². The third-order valence-corrected chi connectivity index (χ3v) is 8.13. The van der Waals surface area contributed by atoms with E-state index in [-0.39, 0.29) is 17.1 Å². The largest absolute Gasteiger partial charge is 0.373 e. The van der Waals surface area contributed by atoms with Crippen molar-refractivity contribution < 1.29 is 17.9 Å². The number of carbonyl (C=O) groups is 1. The van der Waals surface area contributed by atoms with Crippen LogP contribution < -0.4 is 4.80 Å². The summed E-state index contributed by atoms with van der Waals surface area (Å²) in [7, 11) is -3.65. The van der Waals surface area contributed by atoms with Crippen LogP contribution in [-0.2, 0) is 21.3 Å². The number of benzene rings is 2. The van der Waals surface area contributed by atoms with E-state index in [1.54, 1.807) is 0 Å². The summed E-state index contributed by atoms with van der Waals surface area (Å²) in [4.78, 5) is 17.9. The van der Waals surface area contributed by atoms with Crippen LogP contribution in [0.2, 0.25) is 0 Å². The number of hydrogen-bond donors (Lipinski definition) is 0. The standard InChI is InChI=1S/C22H25N3O4S2/c1-4-25-19-7-5-6-8-20(19)30-22(25)23-21(26)17-9-11-18(12-10-17)31(27,28)24-13-15(2)29-16(3)14-24/h5-12,15-16H,4,13-14H2,1-3H3/t15-,16-/m0/s1. The number of nitrogens with zero attached hydrogens (tertiary/aromatic N) is 3. The van der Waals surface area contributed by atoms with Gasteiger partial charge in [0.25, 0.3) is 5.91 Å². The second kappa shape index (κ2) is 8.66. The van der Waals surface area contributed by atoms with Crippen LogP contribution in [0.4, 0.5) is 0 Å². The van der Waals surface area contributed by atoms with Crippen molar-refractivity contribution in [2.45, 2.75) is 44.4 Å². The normalized spacial score (nSPS) is 20.9. The molecule has 1 aliphatic heterocycles. The summed E-state index contributed by atoms with van der Waals surface area (Å²) in [5, 5.41) is 0. The fourth-order valence-corrected chi connectivity index (χ4v) is 6.49. The summed E-state index contributed by atoms with van der Waals surface area (Å²) in [6, 6.07) is 13.9. The molecular formula is C22H25N3O4S2. The van der Waals surface area contributed by atoms with Gasteiger partial charge in [-0.05, 0) is 57.2 Å². The van der Waals surface area contributed by atoms with Crippen LogP contribution in [0.15, 0.2) is 58.4 Å². The van der Waals surface area contributed by atoms with E-state index in [0.29, 0.717) is 30.0 Å². The maximum atomic E-state index is 13.0. The number of amides is 1. The minimum Gasteiger partial charge on any atom is -0.373 e. The average molecular weight is 460 g/mol. The summed E-state index contributed by atoms with van der Waals surface area (Å²) in [5.41, 5.74) is 1.39. The van der Waals surface area contributed by atoms with Crippen molar-refractivity contribution in [1.29, 1.82) is 0 Å². The Bertz CT molecular complexity index is 1270. The molecule has 2 aromatic carbocycles. The van der Waals surface area contributed by atoms with Crippen molar-refractivity contribution in [3.63, 3.8) is 0 Å². The highest BCUT2D eigenvalue weighted by Crippen LogP contribution is 2.22. The van der Waals surface area contributed by atoms with Gasteiger partial charge in [0, 0.05) is 25.2 Å². The van der Waals surface area contributed by atoms with E-state index < -0.39 is 15.9 Å². The Hall–Kier alpha value is -2.33. The molecule has 0 N–H and O–H groups in total. The molecule has 2 heterocycles. The van der Waals surface area contributed by atoms with E-state index in [0.717, 1.165) is 10.2 Å². The molecule has 0 aliphatic carbocycles. The number of carbonyl (C=O) groups excluding carboxylic acids is 1. The van der Waals surface area contributed by atoms with Crippen molar-refractivity contribution in [3.8, 4) is 0 Å². The SMILES string of the molecule is CCn1c(=NC(=O)c2ccc(S(=O)(=O)N3C[C@H](C)O[C@@H](C)C3)cc2)sc2ccccc21. The first-order valence-electron chi connectivity index (χ1n) is 10.2. The monoisotopic (exact) mass is 459 g/mol. The lowest BCUT2D eigenvalue weighted by molar-refractivity contribution is -0.0440. The third kappa shape index (κ3) is 4.36. The van der Waals surface area contributed by atoms with E-state index >= 15 is 0 Å². The Labute approximate surface area is 185 Å². The van der Waals surface area contributed by atoms with Gasteiger partial charge in [0.2, 0.25) is 10.0 Å². The maximum Gasteiger partial charge on any atom is 0.279 e. The number of sulfonamides is 1. The molecule has 9 heteroatoms. The molecule has 3 aromatic rings. The molecule has 164 valence electrons. The van der Waals surface area contributed by atoms with Gasteiger partial charge in [-0.2, -0.15) is 9.30 Å². The second-order valence-electron chi connectivity index (χ2n) is 7.62. The number of ether oxygens (including phenoxy) is 1. The van der Waals surface area contributed by atoms with Gasteiger partial charge in [0.05, 0.1) is 27.3 Å². The van der Waals surface area contributed by atoms with Gasteiger partial charge < -0.3 is 9.30 Å². The summed E-state index contributed by atoms with van der Waals surface area (Å²) in [6.45, 7) is 7.05. The van der Waals surface area contributed by atoms with Crippen LogP contribution in [0.25, 0.3) is 10.2 Å². The lowest BCUT2D eigenvalue weighted by atomic mass is 10.2. The van der Waals surface area contributed by atoms with Crippen LogP contribution in [0, 0.1) is 0 Å². The Balaban J connectivity index is 1.61. The second-order valence-corrected chi connectivity index (χ2v) is 10.6. The summed E-state index contributed by atoms with van der Waals surface area (Å²) in [5.74, 6) is -0.397. The minimum atomic E-state index is -3.65. The molecule has 0 radical (unpaired) electrons. The van der Waals surface area contributed by atoms with Crippen LogP contribution in [0.3, 0.4) is 0 Å². The molecule has 0 bridgehead atoms. The summed E-state index contributed by atoms with van der Waals surface area (Å²) in [6.07, 6.45) is -0.325. The van der Waals surface area contributed by atoms with E-state index in [2.05, 4.69) is 4.99 Å². The Morgan fingerprint density at radius 1 is 1.10 bits per heavy atom. The van der Waals surface area contributed by atoms with Gasteiger partial charge in [-0.15, -0.1) is 0 Å². The highest BCUT2D eigenvalue weighted by atomic mass is 32.2. The zero-order chi connectivity index (χ0) is 22.2. The molecule has 1 fully saturated rings. The molecular weight excluding hydrogens is 434 g/mol. The van der Waals surface area contributed by atoms with E-state index in [9.17, 15) is 13.2 Å². The molecule has 1 aromatic heterocycles. The number of aromatic nitrogens is 1. The summed E-state index contributed by atoms with van der Waals surface area (Å²) >= 11 is 1.46. The first-order valence-corrected chi connectivity index (χ1v) is 12.5. The van der Waals surface area contributed by atoms with Crippen LogP contribution >= 0.6 is 11.3 Å². The molecule has 0 saturated carbocycles. The lowest BCUT2D eigenvalue weighted by Crippen LogP contribution is -2.48. The Kier molecular flexibility index (Phi) is 6.11. The number of aryl methyl sites for hydroxylation is 1. The number of rotatable bonds is 4. The van der Waals surface area contributed by atoms with Gasteiger partial charge in [-0.1, -0.05) is 23.5 Å². The van der Waals surface area contributed by atoms with E-state index in [1.165, 1.54) is 39.9 Å². The van der Waals surface area contributed by atoms with Crippen molar-refractivity contribution in [1.82, 2.24) is 8.87 Å². The van der Waals surface area contributed by atoms with E-state index in [1.807, 2.05) is 49.6 Å². The smallest absolute Gasteiger partial charge is 0.279 e. The lowest BCUT2D eigenvalue weighted by Gasteiger charge is -2.34. The molecule has 7 nitrogen and oxygen atoms in total. The van der Waals surface area contributed by atoms with Crippen molar-refractivity contribution in [3.05, 3.63) is 58.9 Å². The van der Waals surface area contributed by atoms with Crippen molar-refractivity contribution >= 4 is 37.5 Å². The molecule has 1 amide bonds. The fraction of sp³-hybridized carbons (Fsp3) is 0.364. The Morgan fingerprint density at radius 3 is 2.39 bits per heavy atom. The topological polar surface area (TPSA) is 81.0 Å². The predicted octanol–water partition coefficient (Wildman–Crippen LogP) is 3.26. The average Bonchev–Trinajstić information content (AvgIpc) is 3.10. The molecule has 4 rings (SSSR count). The number of thiazole rings is 1. The molecule has 0 spiro atoms. The fourth-order valence-electron chi connectivity index (χ4n) is 3.81. The minimum absolute atomic E-state index is 0.162. The first-order chi connectivity index (χ1) is 14.8. The first kappa shape index (κ1) is 21.9. The van der Waals surface area contributed by atoms with Gasteiger partial charge >= 0.3 is 0 Å². The molecule has 0 unspecified atom stereocenters. The van der Waals surface area contributed by atoms with E-state index in [4.69, 9.17) is 4.74 Å². The highest BCUT2D eigenvalue weighted by Gasteiger charge is 2.32. The molecule has 2 atom stereocenters. The van der Waals surface area contributed by atoms with Crippen LogP contribution in [-0.4, -0.2) is 48.5 Å². The number of fused-ring (bicyclic) bond motifs is 1. The quantitative estimate of drug-likeness (QED) is 0.600. The predicted molar refractivity (Wildman–Crippen MR) is 121 cm³/mol. The van der Waals surface area contributed by atoms with Gasteiger partial charge in [-0.25, -0.2) is 8.42 Å². The van der Waals surface area contributed by atoms with Gasteiger partial charge in [0.1, 0.15) is 0 Å². The highest BCUT2D eigenvalue weighted by molar-refractivity contribution is 7.89. The Morgan fingerprint density at radius 2 is 1.74 bits per heavy atom. The van der Waals surface area contributed by atoms with Gasteiger partial charge in [-0.3, -0.25) is 4.79 Å². The van der Waals surface area contributed by atoms with Crippen LogP contribution in [0.5, 0.6) is 0 Å². The molecule has 31 heavy (non-hydrogen) atoms. The third-order valence-electron chi connectivity index (χ3n) is 5.23. The van der Waals surface area contributed by atoms with Crippen molar-refractivity contribution in [2.75, 3.05) is 13.1 Å². The zero-order valence-corrected chi connectivity index (χ0v) is 19.3. The molecule has 1 aliphatic rings. The number of para-hydroxylation sites is 1. The van der Waals surface area contributed by atoms with Crippen LogP contribution in [0.1, 0.15) is 31.1 Å². The zero-order valence-electron chi connectivity index (χ0n) is 17.7. The summed E-state index contributed by atoms with van der Waals surface area (Å²) < 4.78 is 36.1. The maximum absolute atomic E-state index is 13.0.